The molecule has 3 aliphatic rings. The van der Waals surface area contributed by atoms with Crippen molar-refractivity contribution in [2.75, 3.05) is 58.0 Å². The number of fused-ring (bicyclic) bond motifs is 3. The Kier molecular flexibility index (Phi) is 8.30. The molecule has 3 aliphatic heterocycles. The van der Waals surface area contributed by atoms with Gasteiger partial charge in [-0.3, -0.25) is 4.90 Å². The number of hydrogen-bond donors (Lipinski definition) is 3. The normalized spacial score (nSPS) is 25.6. The minimum absolute atomic E-state index is 0.0214. The number of rotatable bonds is 7. The molecule has 0 bridgehead atoms. The highest BCUT2D eigenvalue weighted by molar-refractivity contribution is 6.02. The van der Waals surface area contributed by atoms with Gasteiger partial charge in [-0.25, -0.2) is 18.2 Å². The van der Waals surface area contributed by atoms with Crippen LogP contribution in [0.2, 0.25) is 0 Å². The van der Waals surface area contributed by atoms with Gasteiger partial charge in [0.05, 0.1) is 44.8 Å². The van der Waals surface area contributed by atoms with E-state index in [4.69, 9.17) is 19.2 Å². The molecule has 0 amide bonds. The molecule has 3 N–H and O–H groups in total. The zero-order valence-electron chi connectivity index (χ0n) is 26.5. The summed E-state index contributed by atoms with van der Waals surface area (Å²) in [5.74, 6) is -1.81. The van der Waals surface area contributed by atoms with Crippen molar-refractivity contribution in [3.05, 3.63) is 53.9 Å². The lowest BCUT2D eigenvalue weighted by molar-refractivity contribution is -0.0528. The molecule has 14 heteroatoms. The molecule has 254 valence electrons. The summed E-state index contributed by atoms with van der Waals surface area (Å²) in [4.78, 5) is 17.5. The predicted molar refractivity (Wildman–Crippen MR) is 171 cm³/mol. The van der Waals surface area contributed by atoms with Crippen molar-refractivity contribution >= 4 is 27.5 Å². The van der Waals surface area contributed by atoms with Crippen molar-refractivity contribution in [2.45, 2.75) is 43.4 Å². The summed E-state index contributed by atoms with van der Waals surface area (Å²) in [5, 5.41) is 32.1. The Morgan fingerprint density at radius 1 is 1.17 bits per heavy atom. The topological polar surface area (TPSA) is 134 Å². The summed E-state index contributed by atoms with van der Waals surface area (Å²) >= 11 is 0. The third kappa shape index (κ3) is 5.66. The lowest BCUT2D eigenvalue weighted by Crippen LogP contribution is -2.44. The SMILES string of the molecule is COc1nc(-c2cc(O)cc3cccc(F)c23)c(F)c2nc(OC[C@@]34CCCN3C/C(=C\F)C4)nc(N3C[C@H](CO)OC[C@@](C)(O)C3)c12. The van der Waals surface area contributed by atoms with Gasteiger partial charge >= 0.3 is 6.01 Å². The molecule has 3 saturated heterocycles. The van der Waals surface area contributed by atoms with Gasteiger partial charge in [0.2, 0.25) is 5.88 Å². The molecule has 5 heterocycles. The molecule has 0 spiro atoms. The zero-order chi connectivity index (χ0) is 33.8. The Labute approximate surface area is 274 Å². The third-order valence-electron chi connectivity index (χ3n) is 9.48. The van der Waals surface area contributed by atoms with Crippen molar-refractivity contribution in [1.29, 1.82) is 0 Å². The minimum Gasteiger partial charge on any atom is -0.508 e. The second kappa shape index (κ2) is 12.3. The van der Waals surface area contributed by atoms with Gasteiger partial charge in [-0.15, -0.1) is 0 Å². The maximum atomic E-state index is 17.0. The van der Waals surface area contributed by atoms with Gasteiger partial charge in [0, 0.05) is 24.0 Å². The van der Waals surface area contributed by atoms with E-state index in [9.17, 15) is 19.7 Å². The standard InChI is InChI=1S/C34H36F3N5O6/c1-33(45)16-41(14-22(15-43)47-17-33)30-26-29(39-32(40-30)48-18-34-7-4-8-42(34)13-19(11-34)12-35)27(37)28(38-31(26)46-2)23-10-21(44)9-20-5-3-6-24(36)25(20)23/h3,5-6,9-10,12,22,43-45H,4,7-8,11,13-18H2,1-2H3/b19-12-/t22-,33+,34+/m1/s1. The number of aromatic nitrogens is 3. The predicted octanol–water partition coefficient (Wildman–Crippen LogP) is 4.26. The summed E-state index contributed by atoms with van der Waals surface area (Å²) in [6.07, 6.45) is 2.07. The summed E-state index contributed by atoms with van der Waals surface area (Å²) in [6.45, 7) is 2.56. The lowest BCUT2D eigenvalue weighted by Gasteiger charge is -2.32. The molecule has 4 aromatic rings. The number of anilines is 1. The Hall–Kier alpha value is -4.24. The Morgan fingerprint density at radius 2 is 2.00 bits per heavy atom. The Bertz CT molecular complexity index is 1930. The number of halogens is 3. The molecule has 2 aromatic carbocycles. The van der Waals surface area contributed by atoms with Gasteiger partial charge in [0.15, 0.2) is 5.82 Å². The highest BCUT2D eigenvalue weighted by Gasteiger charge is 2.47. The number of pyridine rings is 1. The lowest BCUT2D eigenvalue weighted by atomic mass is 9.94. The third-order valence-corrected chi connectivity index (χ3v) is 9.48. The molecular weight excluding hydrogens is 631 g/mol. The molecule has 11 nitrogen and oxygen atoms in total. The minimum atomic E-state index is -1.39. The molecule has 0 aliphatic carbocycles. The number of hydrogen-bond acceptors (Lipinski definition) is 11. The molecule has 0 unspecified atom stereocenters. The quantitative estimate of drug-likeness (QED) is 0.261. The second-order valence-corrected chi connectivity index (χ2v) is 13.1. The first-order chi connectivity index (χ1) is 23.0. The first kappa shape index (κ1) is 32.3. The van der Waals surface area contributed by atoms with Gasteiger partial charge in [-0.05, 0) is 61.9 Å². The summed E-state index contributed by atoms with van der Waals surface area (Å²) < 4.78 is 63.4. The molecule has 3 fully saturated rings. The van der Waals surface area contributed by atoms with Crippen LogP contribution >= 0.6 is 0 Å². The van der Waals surface area contributed by atoms with Gasteiger partial charge < -0.3 is 34.4 Å². The number of aliphatic hydroxyl groups is 2. The largest absolute Gasteiger partial charge is 0.508 e. The van der Waals surface area contributed by atoms with Crippen molar-refractivity contribution in [3.63, 3.8) is 0 Å². The number of phenolic OH excluding ortho intramolecular Hbond substituents is 1. The zero-order valence-corrected chi connectivity index (χ0v) is 26.5. The van der Waals surface area contributed by atoms with Crippen LogP contribution in [0.5, 0.6) is 17.6 Å². The van der Waals surface area contributed by atoms with E-state index in [1.54, 1.807) is 17.9 Å². The van der Waals surface area contributed by atoms with Crippen LogP contribution in [0.1, 0.15) is 26.2 Å². The van der Waals surface area contributed by atoms with Crippen molar-refractivity contribution in [1.82, 2.24) is 19.9 Å². The van der Waals surface area contributed by atoms with Crippen molar-refractivity contribution in [3.8, 4) is 28.9 Å². The maximum Gasteiger partial charge on any atom is 0.319 e. The number of β-amino-alcohol motifs (C(OH)–C–C–N with tert-alkyl or cyclic N) is 1. The summed E-state index contributed by atoms with van der Waals surface area (Å²) in [6, 6.07) is 6.71. The smallest absolute Gasteiger partial charge is 0.319 e. The highest BCUT2D eigenvalue weighted by atomic mass is 19.1. The monoisotopic (exact) mass is 667 g/mol. The Balaban J connectivity index is 1.43. The van der Waals surface area contributed by atoms with E-state index in [1.807, 2.05) is 0 Å². The van der Waals surface area contributed by atoms with Crippen LogP contribution in [0.4, 0.5) is 19.0 Å². The first-order valence-electron chi connectivity index (χ1n) is 15.8. The van der Waals surface area contributed by atoms with E-state index in [1.165, 1.54) is 31.4 Å². The van der Waals surface area contributed by atoms with E-state index >= 15 is 8.78 Å². The van der Waals surface area contributed by atoms with E-state index in [0.29, 0.717) is 30.3 Å². The van der Waals surface area contributed by atoms with Gasteiger partial charge in [-0.2, -0.15) is 9.97 Å². The molecule has 7 rings (SSSR count). The van der Waals surface area contributed by atoms with Crippen LogP contribution in [0.25, 0.3) is 32.9 Å². The van der Waals surface area contributed by atoms with Crippen LogP contribution in [0, 0.1) is 11.6 Å². The van der Waals surface area contributed by atoms with Crippen LogP contribution < -0.4 is 14.4 Å². The average molecular weight is 668 g/mol. The number of aromatic hydroxyl groups is 1. The summed E-state index contributed by atoms with van der Waals surface area (Å²) in [5.41, 5.74) is -1.80. The van der Waals surface area contributed by atoms with E-state index < -0.39 is 28.9 Å². The first-order valence-corrected chi connectivity index (χ1v) is 15.8. The van der Waals surface area contributed by atoms with Crippen molar-refractivity contribution < 1.29 is 42.7 Å². The van der Waals surface area contributed by atoms with Crippen LogP contribution in [-0.2, 0) is 4.74 Å². The molecule has 2 aromatic heterocycles. The van der Waals surface area contributed by atoms with Gasteiger partial charge in [0.25, 0.3) is 0 Å². The fraction of sp³-hybridized carbons (Fsp3) is 0.441. The van der Waals surface area contributed by atoms with Crippen molar-refractivity contribution in [2.24, 2.45) is 0 Å². The molecule has 3 atom stereocenters. The summed E-state index contributed by atoms with van der Waals surface area (Å²) in [7, 11) is 1.33. The number of aliphatic hydroxyl groups excluding tert-OH is 1. The Morgan fingerprint density at radius 3 is 2.77 bits per heavy atom. The van der Waals surface area contributed by atoms with Gasteiger partial charge in [-0.1, -0.05) is 12.1 Å². The van der Waals surface area contributed by atoms with Crippen LogP contribution in [0.15, 0.2) is 42.2 Å². The molecule has 0 radical (unpaired) electrons. The average Bonchev–Trinajstić information content (AvgIpc) is 3.57. The van der Waals surface area contributed by atoms with Gasteiger partial charge in [0.1, 0.15) is 46.2 Å². The maximum absolute atomic E-state index is 17.0. The fourth-order valence-corrected chi connectivity index (χ4v) is 7.32. The number of methoxy groups -OCH3 is 1. The second-order valence-electron chi connectivity index (χ2n) is 13.1. The van der Waals surface area contributed by atoms with Crippen LogP contribution in [-0.4, -0.2) is 106 Å². The molecule has 0 saturated carbocycles. The highest BCUT2D eigenvalue weighted by Crippen LogP contribution is 2.44. The number of benzene rings is 2. The number of phenols is 1. The van der Waals surface area contributed by atoms with E-state index in [-0.39, 0.29) is 83.9 Å². The fourth-order valence-electron chi connectivity index (χ4n) is 7.32. The van der Waals surface area contributed by atoms with E-state index in [0.717, 1.165) is 19.4 Å². The number of nitrogens with zero attached hydrogens (tertiary/aromatic N) is 5. The molecular formula is C34H36F3N5O6. The van der Waals surface area contributed by atoms with E-state index in [2.05, 4.69) is 14.9 Å². The number of ether oxygens (including phenoxy) is 3. The molecule has 48 heavy (non-hydrogen) atoms. The van der Waals surface area contributed by atoms with Crippen LogP contribution in [0.3, 0.4) is 0 Å².